The third kappa shape index (κ3) is 5.36. The Morgan fingerprint density at radius 3 is 2.60 bits per heavy atom. The van der Waals surface area contributed by atoms with E-state index in [4.69, 9.17) is 25.9 Å². The highest BCUT2D eigenvalue weighted by Gasteiger charge is 2.17. The van der Waals surface area contributed by atoms with E-state index in [1.807, 2.05) is 24.3 Å². The highest BCUT2D eigenvalue weighted by molar-refractivity contribution is 6.37. The van der Waals surface area contributed by atoms with E-state index >= 15 is 0 Å². The normalized spacial score (nSPS) is 12.1. The number of nitrogens with zero attached hydrogens (tertiary/aromatic N) is 3. The van der Waals surface area contributed by atoms with E-state index in [-0.39, 0.29) is 18.9 Å². The van der Waals surface area contributed by atoms with Crippen LogP contribution in [0.2, 0.25) is 5.02 Å². The molecule has 4 aromatic rings. The monoisotopic (exact) mass is 495 g/mol. The first-order valence-electron chi connectivity index (χ1n) is 11.6. The van der Waals surface area contributed by atoms with E-state index in [1.54, 1.807) is 6.92 Å². The molecule has 0 unspecified atom stereocenters. The molecule has 0 saturated heterocycles. The molecule has 1 aromatic heterocycles. The lowest BCUT2D eigenvalue weighted by atomic mass is 10.1. The predicted molar refractivity (Wildman–Crippen MR) is 142 cm³/mol. The molecule has 0 aliphatic heterocycles. The van der Waals surface area contributed by atoms with E-state index in [0.29, 0.717) is 5.75 Å². The van der Waals surface area contributed by atoms with Crippen molar-refractivity contribution in [2.75, 3.05) is 41.0 Å². The van der Waals surface area contributed by atoms with Crippen LogP contribution in [0.15, 0.2) is 53.7 Å². The number of oxime groups is 1. The Kier molecular flexibility index (Phi) is 7.78. The molecule has 0 aliphatic rings. The van der Waals surface area contributed by atoms with Gasteiger partial charge in [-0.3, -0.25) is 0 Å². The second-order valence-corrected chi connectivity index (χ2v) is 8.98. The number of aryl methyl sites for hydroxylation is 1. The third-order valence-electron chi connectivity index (χ3n) is 5.85. The summed E-state index contributed by atoms with van der Waals surface area (Å²) in [5, 5.41) is 8.96. The molecule has 4 rings (SSSR count). The van der Waals surface area contributed by atoms with E-state index in [0.717, 1.165) is 40.7 Å². The molecule has 0 radical (unpaired) electrons. The van der Waals surface area contributed by atoms with Crippen LogP contribution in [0, 0.1) is 0 Å². The van der Waals surface area contributed by atoms with E-state index in [2.05, 4.69) is 53.0 Å². The van der Waals surface area contributed by atoms with Gasteiger partial charge in [0.15, 0.2) is 0 Å². The quantitative estimate of drug-likeness (QED) is 0.165. The van der Waals surface area contributed by atoms with Gasteiger partial charge >= 0.3 is 5.97 Å². The van der Waals surface area contributed by atoms with Gasteiger partial charge in [0.25, 0.3) is 0 Å². The molecular formula is C27H30ClN3O4. The number of benzene rings is 3. The number of esters is 1. The molecule has 8 heteroatoms. The fraction of sp³-hybridized carbons (Fsp3) is 0.333. The minimum atomic E-state index is -0.558. The second-order valence-electron chi connectivity index (χ2n) is 8.54. The maximum absolute atomic E-state index is 12.1. The van der Waals surface area contributed by atoms with Gasteiger partial charge in [0.1, 0.15) is 19.5 Å². The van der Waals surface area contributed by atoms with E-state index in [9.17, 15) is 4.79 Å². The van der Waals surface area contributed by atoms with Gasteiger partial charge in [-0.1, -0.05) is 28.9 Å². The Labute approximate surface area is 209 Å². The van der Waals surface area contributed by atoms with E-state index < -0.39 is 5.97 Å². The van der Waals surface area contributed by atoms with Crippen LogP contribution in [-0.2, 0) is 20.9 Å². The number of fused-ring (bicyclic) bond motifs is 5. The third-order valence-corrected chi connectivity index (χ3v) is 6.08. The summed E-state index contributed by atoms with van der Waals surface area (Å²) in [5.74, 6) is 0.0704. The number of carbonyl (C=O) groups excluding carboxylic acids is 1. The molecule has 184 valence electrons. The lowest BCUT2D eigenvalue weighted by molar-refractivity contribution is -0.135. The lowest BCUT2D eigenvalue weighted by Crippen LogP contribution is -2.24. The Bertz CT molecular complexity index is 1390. The summed E-state index contributed by atoms with van der Waals surface area (Å²) in [6.45, 7) is 3.84. The first-order chi connectivity index (χ1) is 16.9. The molecule has 0 N–H and O–H groups in total. The standard InChI is InChI=1S/C27H30ClN3O4/c1-5-34-27(32)24(29-33-4)17-35-20-9-11-21-18(15-20)7-10-22-23-16-19(28)8-12-25(23)31(26(21)22)14-6-13-30(2)3/h7-12,15-16H,5-6,13-14,17H2,1-4H3/b29-24+. The van der Waals surface area contributed by atoms with Gasteiger partial charge in [0.05, 0.1) is 12.1 Å². The number of ether oxygens (including phenoxy) is 2. The molecule has 1 heterocycles. The molecule has 0 atom stereocenters. The fourth-order valence-corrected chi connectivity index (χ4v) is 4.52. The van der Waals surface area contributed by atoms with Gasteiger partial charge in [0.2, 0.25) is 5.71 Å². The second kappa shape index (κ2) is 11.0. The summed E-state index contributed by atoms with van der Waals surface area (Å²) < 4.78 is 13.3. The minimum absolute atomic E-state index is 0.0519. The minimum Gasteiger partial charge on any atom is -0.487 e. The zero-order chi connectivity index (χ0) is 24.9. The molecule has 0 amide bonds. The number of halogens is 1. The van der Waals surface area contributed by atoms with Crippen molar-refractivity contribution in [1.29, 1.82) is 0 Å². The molecule has 35 heavy (non-hydrogen) atoms. The van der Waals surface area contributed by atoms with Crippen LogP contribution < -0.4 is 4.74 Å². The first kappa shape index (κ1) is 24.8. The van der Waals surface area contributed by atoms with Crippen molar-refractivity contribution in [1.82, 2.24) is 9.47 Å². The van der Waals surface area contributed by atoms with Crippen molar-refractivity contribution >= 4 is 55.9 Å². The van der Waals surface area contributed by atoms with Crippen molar-refractivity contribution in [3.05, 3.63) is 53.6 Å². The van der Waals surface area contributed by atoms with E-state index in [1.165, 1.54) is 23.5 Å². The van der Waals surface area contributed by atoms with Gasteiger partial charge in [-0.25, -0.2) is 4.79 Å². The Morgan fingerprint density at radius 1 is 1.06 bits per heavy atom. The van der Waals surface area contributed by atoms with Crippen molar-refractivity contribution in [2.45, 2.75) is 19.9 Å². The van der Waals surface area contributed by atoms with Crippen molar-refractivity contribution in [3.63, 3.8) is 0 Å². The maximum atomic E-state index is 12.1. The fourth-order valence-electron chi connectivity index (χ4n) is 4.35. The number of hydrogen-bond donors (Lipinski definition) is 0. The molecule has 0 bridgehead atoms. The molecule has 3 aromatic carbocycles. The maximum Gasteiger partial charge on any atom is 0.359 e. The summed E-state index contributed by atoms with van der Waals surface area (Å²) in [6, 6.07) is 16.3. The van der Waals surface area contributed by atoms with Crippen LogP contribution >= 0.6 is 11.6 Å². The van der Waals surface area contributed by atoms with Crippen molar-refractivity contribution < 1.29 is 19.1 Å². The summed E-state index contributed by atoms with van der Waals surface area (Å²) >= 11 is 6.35. The molecule has 0 spiro atoms. The summed E-state index contributed by atoms with van der Waals surface area (Å²) in [4.78, 5) is 19.0. The lowest BCUT2D eigenvalue weighted by Gasteiger charge is -2.13. The van der Waals surface area contributed by atoms with Crippen molar-refractivity contribution in [3.8, 4) is 5.75 Å². The largest absolute Gasteiger partial charge is 0.487 e. The highest BCUT2D eigenvalue weighted by atomic mass is 35.5. The number of carbonyl (C=O) groups is 1. The van der Waals surface area contributed by atoms with Gasteiger partial charge in [-0.2, -0.15) is 0 Å². The Hall–Kier alpha value is -3.29. The zero-order valence-electron chi connectivity index (χ0n) is 20.5. The van der Waals surface area contributed by atoms with Gasteiger partial charge < -0.3 is 23.8 Å². The predicted octanol–water partition coefficient (Wildman–Crippen LogP) is 5.50. The van der Waals surface area contributed by atoms with Gasteiger partial charge in [-0.15, -0.1) is 0 Å². The molecular weight excluding hydrogens is 466 g/mol. The number of aromatic nitrogens is 1. The molecule has 0 fully saturated rings. The average molecular weight is 496 g/mol. The first-order valence-corrected chi connectivity index (χ1v) is 12.0. The Balaban J connectivity index is 1.73. The summed E-state index contributed by atoms with van der Waals surface area (Å²) in [7, 11) is 5.56. The molecule has 0 aliphatic carbocycles. The SMILES string of the molecule is CCOC(=O)/C(COc1ccc2c(ccc3c4cc(Cl)ccc4n(CCCN(C)C)c23)c1)=N/OC. The molecule has 0 saturated carbocycles. The van der Waals surface area contributed by atoms with Crippen LogP contribution in [0.5, 0.6) is 5.75 Å². The van der Waals surface area contributed by atoms with Crippen LogP contribution in [0.1, 0.15) is 13.3 Å². The van der Waals surface area contributed by atoms with Gasteiger partial charge in [0, 0.05) is 33.2 Å². The molecule has 7 nitrogen and oxygen atoms in total. The highest BCUT2D eigenvalue weighted by Crippen LogP contribution is 2.36. The number of rotatable bonds is 10. The van der Waals surface area contributed by atoms with Gasteiger partial charge in [-0.05, 0) is 75.8 Å². The zero-order valence-corrected chi connectivity index (χ0v) is 21.3. The van der Waals surface area contributed by atoms with Crippen molar-refractivity contribution in [2.24, 2.45) is 5.16 Å². The van der Waals surface area contributed by atoms with Crippen LogP contribution in [-0.4, -0.2) is 62.1 Å². The number of hydrogen-bond acceptors (Lipinski definition) is 6. The topological polar surface area (TPSA) is 65.3 Å². The van der Waals surface area contributed by atoms with Crippen LogP contribution in [0.3, 0.4) is 0 Å². The van der Waals surface area contributed by atoms with Crippen LogP contribution in [0.25, 0.3) is 32.6 Å². The summed E-state index contributed by atoms with van der Waals surface area (Å²) in [5.41, 5.74) is 2.42. The summed E-state index contributed by atoms with van der Waals surface area (Å²) in [6.07, 6.45) is 1.03. The smallest absolute Gasteiger partial charge is 0.359 e. The van der Waals surface area contributed by atoms with Crippen LogP contribution in [0.4, 0.5) is 0 Å². The average Bonchev–Trinajstić information content (AvgIpc) is 3.14. The Morgan fingerprint density at radius 2 is 1.86 bits per heavy atom.